The van der Waals surface area contributed by atoms with Crippen molar-refractivity contribution in [1.29, 1.82) is 0 Å². The van der Waals surface area contributed by atoms with E-state index >= 15 is 0 Å². The number of rotatable bonds is 6. The molecule has 0 aliphatic carbocycles. The first-order chi connectivity index (χ1) is 10.1. The molecule has 1 N–H and O–H groups in total. The van der Waals surface area contributed by atoms with Gasteiger partial charge in [-0.15, -0.1) is 0 Å². The lowest BCUT2D eigenvalue weighted by atomic mass is 10.2. The largest absolute Gasteiger partial charge is 0.352 e. The van der Waals surface area contributed by atoms with Crippen LogP contribution < -0.4 is 5.32 Å². The monoisotopic (exact) mass is 351 g/mol. The van der Waals surface area contributed by atoms with Crippen molar-refractivity contribution in [2.24, 2.45) is 0 Å². The molecule has 1 amide bonds. The molecule has 0 saturated carbocycles. The molecule has 0 fully saturated rings. The van der Waals surface area contributed by atoms with Gasteiger partial charge in [0.05, 0.1) is 0 Å². The van der Waals surface area contributed by atoms with Gasteiger partial charge in [-0.25, -0.2) is 4.39 Å². The number of benzene rings is 1. The lowest BCUT2D eigenvalue weighted by Crippen LogP contribution is -2.23. The van der Waals surface area contributed by atoms with Crippen LogP contribution >= 0.6 is 15.9 Å². The molecule has 1 heterocycles. The van der Waals surface area contributed by atoms with E-state index < -0.39 is 0 Å². The molecular formula is C15H15BrFN3O. The summed E-state index contributed by atoms with van der Waals surface area (Å²) in [7, 11) is 0. The molecule has 0 saturated heterocycles. The van der Waals surface area contributed by atoms with Gasteiger partial charge in [0, 0.05) is 41.6 Å². The topological polar surface area (TPSA) is 46.9 Å². The third-order valence-electron chi connectivity index (χ3n) is 2.79. The number of aryl methyl sites for hydroxylation is 1. The number of nitrogens with zero attached hydrogens (tertiary/aromatic N) is 2. The van der Waals surface area contributed by atoms with E-state index in [1.165, 1.54) is 18.2 Å². The summed E-state index contributed by atoms with van der Waals surface area (Å²) in [6.45, 7) is 1.29. The van der Waals surface area contributed by atoms with Gasteiger partial charge < -0.3 is 5.32 Å². The van der Waals surface area contributed by atoms with Gasteiger partial charge >= 0.3 is 0 Å². The van der Waals surface area contributed by atoms with Crippen molar-refractivity contribution in [2.45, 2.75) is 13.0 Å². The Balaban J connectivity index is 1.76. The Kier molecular flexibility index (Phi) is 5.68. The van der Waals surface area contributed by atoms with Gasteiger partial charge in [-0.3, -0.25) is 9.48 Å². The molecule has 0 radical (unpaired) electrons. The number of carbonyl (C=O) groups excluding carboxylic acids is 1. The molecule has 1 aromatic heterocycles. The summed E-state index contributed by atoms with van der Waals surface area (Å²) in [6.07, 6.45) is 7.17. The third kappa shape index (κ3) is 5.15. The number of nitrogens with one attached hydrogen (secondary N) is 1. The highest BCUT2D eigenvalue weighted by Crippen LogP contribution is 2.16. The van der Waals surface area contributed by atoms with Crippen LogP contribution in [-0.4, -0.2) is 22.2 Å². The number of hydrogen-bond acceptors (Lipinski definition) is 2. The second-order valence-corrected chi connectivity index (χ2v) is 5.33. The third-order valence-corrected chi connectivity index (χ3v) is 3.29. The van der Waals surface area contributed by atoms with Crippen LogP contribution in [-0.2, 0) is 11.3 Å². The molecule has 0 bridgehead atoms. The summed E-state index contributed by atoms with van der Waals surface area (Å²) in [5, 5.41) is 6.82. The van der Waals surface area contributed by atoms with Crippen molar-refractivity contribution in [3.63, 3.8) is 0 Å². The molecule has 4 nitrogen and oxygen atoms in total. The highest BCUT2D eigenvalue weighted by atomic mass is 79.9. The van der Waals surface area contributed by atoms with E-state index in [0.717, 1.165) is 17.4 Å². The zero-order valence-electron chi connectivity index (χ0n) is 11.3. The highest BCUT2D eigenvalue weighted by molar-refractivity contribution is 9.10. The Morgan fingerprint density at radius 1 is 1.48 bits per heavy atom. The Labute approximate surface area is 130 Å². The fourth-order valence-electron chi connectivity index (χ4n) is 1.75. The van der Waals surface area contributed by atoms with Gasteiger partial charge in [0.15, 0.2) is 0 Å². The summed E-state index contributed by atoms with van der Waals surface area (Å²) < 4.78 is 16.0. The molecule has 2 rings (SSSR count). The van der Waals surface area contributed by atoms with Crippen molar-refractivity contribution >= 4 is 27.9 Å². The maximum absolute atomic E-state index is 13.5. The predicted molar refractivity (Wildman–Crippen MR) is 83.0 cm³/mol. The normalized spacial score (nSPS) is 11.0. The zero-order chi connectivity index (χ0) is 15.1. The van der Waals surface area contributed by atoms with Gasteiger partial charge in [-0.2, -0.15) is 5.10 Å². The quantitative estimate of drug-likeness (QED) is 0.642. The lowest BCUT2D eigenvalue weighted by Gasteiger charge is -2.03. The van der Waals surface area contributed by atoms with Crippen LogP contribution in [0.5, 0.6) is 0 Å². The first-order valence-corrected chi connectivity index (χ1v) is 7.33. The van der Waals surface area contributed by atoms with Crippen LogP contribution in [0.4, 0.5) is 4.39 Å². The van der Waals surface area contributed by atoms with Gasteiger partial charge in [0.25, 0.3) is 0 Å². The Morgan fingerprint density at radius 3 is 3.10 bits per heavy atom. The highest BCUT2D eigenvalue weighted by Gasteiger charge is 2.00. The van der Waals surface area contributed by atoms with E-state index in [4.69, 9.17) is 0 Å². The van der Waals surface area contributed by atoms with Gasteiger partial charge in [0.1, 0.15) is 5.82 Å². The fraction of sp³-hybridized carbons (Fsp3) is 0.200. The molecule has 1 aromatic carbocycles. The van der Waals surface area contributed by atoms with Crippen LogP contribution in [0, 0.1) is 5.82 Å². The maximum Gasteiger partial charge on any atom is 0.244 e. The molecule has 0 aliphatic rings. The minimum absolute atomic E-state index is 0.241. The minimum atomic E-state index is -0.360. The first kappa shape index (κ1) is 15.4. The van der Waals surface area contributed by atoms with Crippen LogP contribution in [0.15, 0.2) is 47.2 Å². The average molecular weight is 352 g/mol. The molecule has 2 aromatic rings. The van der Waals surface area contributed by atoms with Crippen molar-refractivity contribution in [3.05, 3.63) is 58.6 Å². The van der Waals surface area contributed by atoms with Crippen molar-refractivity contribution in [1.82, 2.24) is 15.1 Å². The zero-order valence-corrected chi connectivity index (χ0v) is 12.9. The lowest BCUT2D eigenvalue weighted by molar-refractivity contribution is -0.116. The summed E-state index contributed by atoms with van der Waals surface area (Å²) in [5.41, 5.74) is 0.371. The van der Waals surface area contributed by atoms with E-state index in [2.05, 4.69) is 26.3 Å². The molecule has 110 valence electrons. The first-order valence-electron chi connectivity index (χ1n) is 6.53. The molecule has 6 heteroatoms. The fourth-order valence-corrected chi connectivity index (χ4v) is 2.13. The molecule has 0 unspecified atom stereocenters. The number of aromatic nitrogens is 2. The van der Waals surface area contributed by atoms with Crippen LogP contribution in [0.2, 0.25) is 0 Å². The van der Waals surface area contributed by atoms with Crippen molar-refractivity contribution in [2.75, 3.05) is 6.54 Å². The van der Waals surface area contributed by atoms with E-state index in [1.54, 1.807) is 23.0 Å². The van der Waals surface area contributed by atoms with Crippen LogP contribution in [0.1, 0.15) is 12.0 Å². The van der Waals surface area contributed by atoms with E-state index in [0.29, 0.717) is 12.1 Å². The Morgan fingerprint density at radius 2 is 2.33 bits per heavy atom. The second-order valence-electron chi connectivity index (χ2n) is 4.41. The van der Waals surface area contributed by atoms with E-state index in [9.17, 15) is 9.18 Å². The number of hydrogen-bond donors (Lipinski definition) is 1. The second kappa shape index (κ2) is 7.73. The number of amides is 1. The Hall–Kier alpha value is -1.95. The van der Waals surface area contributed by atoms with E-state index in [-0.39, 0.29) is 11.7 Å². The van der Waals surface area contributed by atoms with Gasteiger partial charge in [-0.05, 0) is 36.8 Å². The van der Waals surface area contributed by atoms with Gasteiger partial charge in [-0.1, -0.05) is 15.9 Å². The summed E-state index contributed by atoms with van der Waals surface area (Å²) in [4.78, 5) is 11.6. The predicted octanol–water partition coefficient (Wildman–Crippen LogP) is 3.00. The SMILES string of the molecule is O=C(/C=C/c1cc(Br)ccc1F)NCCCn1cccn1. The average Bonchev–Trinajstić information content (AvgIpc) is 2.98. The summed E-state index contributed by atoms with van der Waals surface area (Å²) >= 11 is 3.26. The smallest absolute Gasteiger partial charge is 0.244 e. The van der Waals surface area contributed by atoms with Crippen LogP contribution in [0.25, 0.3) is 6.08 Å². The maximum atomic E-state index is 13.5. The van der Waals surface area contributed by atoms with Crippen LogP contribution in [0.3, 0.4) is 0 Å². The van der Waals surface area contributed by atoms with Crippen molar-refractivity contribution in [3.8, 4) is 0 Å². The number of halogens is 2. The summed E-state index contributed by atoms with van der Waals surface area (Å²) in [6, 6.07) is 6.44. The molecule has 0 spiro atoms. The van der Waals surface area contributed by atoms with Crippen molar-refractivity contribution < 1.29 is 9.18 Å². The Bertz CT molecular complexity index is 626. The number of carbonyl (C=O) groups is 1. The van der Waals surface area contributed by atoms with E-state index in [1.807, 2.05) is 12.3 Å². The molecular weight excluding hydrogens is 337 g/mol. The summed E-state index contributed by atoms with van der Waals surface area (Å²) in [5.74, 6) is -0.601. The molecule has 21 heavy (non-hydrogen) atoms. The molecule has 0 atom stereocenters. The standard InChI is InChI=1S/C15H15BrFN3O/c16-13-4-5-14(17)12(11-13)3-6-15(21)18-7-1-9-20-10-2-8-19-20/h2-6,8,10-11H,1,7,9H2,(H,18,21)/b6-3+. The van der Waals surface area contributed by atoms with Gasteiger partial charge in [0.2, 0.25) is 5.91 Å². The minimum Gasteiger partial charge on any atom is -0.352 e. The molecule has 0 aliphatic heterocycles.